The third-order valence-corrected chi connectivity index (χ3v) is 1.98. The smallest absolute Gasteiger partial charge is 0.337 e. The normalized spacial score (nSPS) is 10.1. The van der Waals surface area contributed by atoms with Crippen LogP contribution in [0.25, 0.3) is 0 Å². The van der Waals surface area contributed by atoms with Crippen LogP contribution in [0.5, 0.6) is 0 Å². The van der Waals surface area contributed by atoms with E-state index in [0.717, 1.165) is 12.1 Å². The molecule has 0 heterocycles. The van der Waals surface area contributed by atoms with Gasteiger partial charge in [-0.3, -0.25) is 4.79 Å². The highest BCUT2D eigenvalue weighted by molar-refractivity contribution is 6.00. The van der Waals surface area contributed by atoms with Crippen LogP contribution in [0.1, 0.15) is 10.4 Å². The highest BCUT2D eigenvalue weighted by Gasteiger charge is 2.13. The minimum Gasteiger partial charge on any atom is -0.478 e. The molecule has 0 aromatic heterocycles. The molecule has 1 amide bonds. The number of carboxylic acid groups (broad SMARTS) is 1. The molecule has 1 rings (SSSR count). The number of amides is 1. The molecule has 0 saturated carbocycles. The molecule has 0 aliphatic carbocycles. The van der Waals surface area contributed by atoms with Gasteiger partial charge in [-0.05, 0) is 18.2 Å². The predicted molar refractivity (Wildman–Crippen MR) is 61.9 cm³/mol. The maximum absolute atomic E-state index is 12.9. The van der Waals surface area contributed by atoms with Crippen LogP contribution in [0, 0.1) is 5.82 Å². The second-order valence-corrected chi connectivity index (χ2v) is 3.38. The Labute approximate surface area is 103 Å². The number of carboxylic acids is 1. The van der Waals surface area contributed by atoms with Crippen molar-refractivity contribution in [2.45, 2.75) is 0 Å². The average molecular weight is 256 g/mol. The van der Waals surface area contributed by atoms with Crippen molar-refractivity contribution in [2.24, 2.45) is 5.73 Å². The number of nitrogens with two attached hydrogens (primary N) is 1. The van der Waals surface area contributed by atoms with Gasteiger partial charge in [0.2, 0.25) is 5.91 Å². The van der Waals surface area contributed by atoms with Gasteiger partial charge in [-0.1, -0.05) is 0 Å². The summed E-state index contributed by atoms with van der Waals surface area (Å²) in [5, 5.41) is 11.2. The lowest BCUT2D eigenvalue weighted by Gasteiger charge is -2.08. The third kappa shape index (κ3) is 4.11. The van der Waals surface area contributed by atoms with Crippen LogP contribution in [-0.4, -0.2) is 36.7 Å². The van der Waals surface area contributed by atoms with Gasteiger partial charge in [-0.15, -0.1) is 0 Å². The van der Waals surface area contributed by atoms with Crippen LogP contribution in [0.15, 0.2) is 18.2 Å². The van der Waals surface area contributed by atoms with Crippen LogP contribution >= 0.6 is 0 Å². The summed E-state index contributed by atoms with van der Waals surface area (Å²) >= 11 is 0. The second kappa shape index (κ2) is 6.67. The summed E-state index contributed by atoms with van der Waals surface area (Å²) in [6, 6.07) is 3.07. The number of anilines is 1. The number of hydrogen-bond acceptors (Lipinski definition) is 4. The zero-order chi connectivity index (χ0) is 13.5. The summed E-state index contributed by atoms with van der Waals surface area (Å²) in [5.41, 5.74) is 4.87. The largest absolute Gasteiger partial charge is 0.478 e. The number of nitrogens with one attached hydrogen (secondary N) is 1. The Morgan fingerprint density at radius 3 is 2.78 bits per heavy atom. The molecule has 0 radical (unpaired) electrons. The van der Waals surface area contributed by atoms with Crippen molar-refractivity contribution in [3.05, 3.63) is 29.6 Å². The molecular formula is C11H13FN2O4. The standard InChI is InChI=1S/C11H13FN2O4/c12-7-1-2-9(8(5-7)11(16)17)14-10(15)6-18-4-3-13/h1-2,5H,3-4,6,13H2,(H,14,15)(H,16,17). The Hall–Kier alpha value is -1.99. The molecule has 98 valence electrons. The number of halogens is 1. The molecule has 0 fully saturated rings. The molecule has 0 saturated heterocycles. The van der Waals surface area contributed by atoms with Crippen LogP contribution in [0.3, 0.4) is 0 Å². The van der Waals surface area contributed by atoms with Gasteiger partial charge in [-0.2, -0.15) is 0 Å². The fraction of sp³-hybridized carbons (Fsp3) is 0.273. The van der Waals surface area contributed by atoms with E-state index in [2.05, 4.69) is 5.32 Å². The fourth-order valence-corrected chi connectivity index (χ4v) is 1.24. The first-order chi connectivity index (χ1) is 8.54. The Morgan fingerprint density at radius 2 is 2.17 bits per heavy atom. The van der Waals surface area contributed by atoms with Crippen LogP contribution in [0.2, 0.25) is 0 Å². The van der Waals surface area contributed by atoms with E-state index in [-0.39, 0.29) is 31.0 Å². The Balaban J connectivity index is 2.72. The molecule has 4 N–H and O–H groups in total. The molecule has 1 aromatic rings. The van der Waals surface area contributed by atoms with Gasteiger partial charge in [0.05, 0.1) is 17.9 Å². The topological polar surface area (TPSA) is 102 Å². The zero-order valence-electron chi connectivity index (χ0n) is 9.48. The van der Waals surface area contributed by atoms with Gasteiger partial charge in [0.25, 0.3) is 0 Å². The first-order valence-corrected chi connectivity index (χ1v) is 5.15. The van der Waals surface area contributed by atoms with Crippen molar-refractivity contribution in [1.29, 1.82) is 0 Å². The monoisotopic (exact) mass is 256 g/mol. The second-order valence-electron chi connectivity index (χ2n) is 3.38. The molecule has 0 bridgehead atoms. The van der Waals surface area contributed by atoms with Crippen LogP contribution in [-0.2, 0) is 9.53 Å². The summed E-state index contributed by atoms with van der Waals surface area (Å²) in [6.07, 6.45) is 0. The molecule has 18 heavy (non-hydrogen) atoms. The number of benzene rings is 1. The van der Waals surface area contributed by atoms with Gasteiger partial charge >= 0.3 is 5.97 Å². The number of carbonyl (C=O) groups is 2. The fourth-order valence-electron chi connectivity index (χ4n) is 1.24. The molecule has 0 aliphatic heterocycles. The number of carbonyl (C=O) groups excluding carboxylic acids is 1. The van der Waals surface area contributed by atoms with E-state index in [0.29, 0.717) is 0 Å². The Morgan fingerprint density at radius 1 is 1.44 bits per heavy atom. The van der Waals surface area contributed by atoms with Gasteiger partial charge < -0.3 is 20.9 Å². The van der Waals surface area contributed by atoms with E-state index in [1.807, 2.05) is 0 Å². The molecule has 0 aliphatic rings. The molecule has 0 unspecified atom stereocenters. The van der Waals surface area contributed by atoms with E-state index in [4.69, 9.17) is 15.6 Å². The lowest BCUT2D eigenvalue weighted by atomic mass is 10.1. The van der Waals surface area contributed by atoms with E-state index in [9.17, 15) is 14.0 Å². The zero-order valence-corrected chi connectivity index (χ0v) is 9.48. The van der Waals surface area contributed by atoms with Crippen LogP contribution in [0.4, 0.5) is 10.1 Å². The van der Waals surface area contributed by atoms with E-state index < -0.39 is 17.7 Å². The SMILES string of the molecule is NCCOCC(=O)Nc1ccc(F)cc1C(=O)O. The minimum atomic E-state index is -1.33. The van der Waals surface area contributed by atoms with Crippen molar-refractivity contribution in [1.82, 2.24) is 0 Å². The maximum atomic E-state index is 12.9. The number of ether oxygens (including phenoxy) is 1. The summed E-state index contributed by atoms with van der Waals surface area (Å²) in [5.74, 6) is -2.55. The van der Waals surface area contributed by atoms with Gasteiger partial charge in [-0.25, -0.2) is 9.18 Å². The van der Waals surface area contributed by atoms with E-state index >= 15 is 0 Å². The lowest BCUT2D eigenvalue weighted by Crippen LogP contribution is -2.22. The predicted octanol–water partition coefficient (Wildman–Crippen LogP) is 0.438. The van der Waals surface area contributed by atoms with E-state index in [1.54, 1.807) is 0 Å². The van der Waals surface area contributed by atoms with Gasteiger partial charge in [0.1, 0.15) is 12.4 Å². The minimum absolute atomic E-state index is 0.0187. The Kier molecular flexibility index (Phi) is 5.22. The molecular weight excluding hydrogens is 243 g/mol. The third-order valence-electron chi connectivity index (χ3n) is 1.98. The number of rotatable bonds is 6. The highest BCUT2D eigenvalue weighted by Crippen LogP contribution is 2.16. The quantitative estimate of drug-likeness (QED) is 0.641. The van der Waals surface area contributed by atoms with Gasteiger partial charge in [0.15, 0.2) is 0 Å². The van der Waals surface area contributed by atoms with Gasteiger partial charge in [0, 0.05) is 6.54 Å². The van der Waals surface area contributed by atoms with Crippen LogP contribution < -0.4 is 11.1 Å². The summed E-state index contributed by atoms with van der Waals surface area (Å²) in [6.45, 7) is 0.264. The first kappa shape index (κ1) is 14.1. The summed E-state index contributed by atoms with van der Waals surface area (Å²) < 4.78 is 17.8. The molecule has 7 heteroatoms. The van der Waals surface area contributed by atoms with Crippen molar-refractivity contribution in [3.63, 3.8) is 0 Å². The van der Waals surface area contributed by atoms with Crippen molar-refractivity contribution < 1.29 is 23.8 Å². The maximum Gasteiger partial charge on any atom is 0.337 e. The van der Waals surface area contributed by atoms with Crippen molar-refractivity contribution >= 4 is 17.6 Å². The molecule has 0 atom stereocenters. The molecule has 0 spiro atoms. The van der Waals surface area contributed by atoms with E-state index in [1.165, 1.54) is 6.07 Å². The summed E-state index contributed by atoms with van der Waals surface area (Å²) in [4.78, 5) is 22.2. The molecule has 1 aromatic carbocycles. The first-order valence-electron chi connectivity index (χ1n) is 5.15. The summed E-state index contributed by atoms with van der Waals surface area (Å²) in [7, 11) is 0. The molecule has 6 nitrogen and oxygen atoms in total. The number of hydrogen-bond donors (Lipinski definition) is 3. The Bertz CT molecular complexity index is 451. The van der Waals surface area contributed by atoms with Crippen molar-refractivity contribution in [3.8, 4) is 0 Å². The lowest BCUT2D eigenvalue weighted by molar-refractivity contribution is -0.120. The highest BCUT2D eigenvalue weighted by atomic mass is 19.1. The average Bonchev–Trinajstić information content (AvgIpc) is 2.31. The van der Waals surface area contributed by atoms with Crippen molar-refractivity contribution in [2.75, 3.05) is 25.1 Å². The number of aromatic carboxylic acids is 1.